The lowest BCUT2D eigenvalue weighted by atomic mass is 10.2. The molecule has 0 bridgehead atoms. The van der Waals surface area contributed by atoms with Crippen LogP contribution in [0.1, 0.15) is 16.1 Å². The van der Waals surface area contributed by atoms with Crippen LogP contribution in [-0.4, -0.2) is 30.4 Å². The van der Waals surface area contributed by atoms with E-state index in [1.54, 1.807) is 16.9 Å². The summed E-state index contributed by atoms with van der Waals surface area (Å²) in [5.74, 6) is -1.39. The van der Waals surface area contributed by atoms with Crippen LogP contribution in [0.5, 0.6) is 5.75 Å². The zero-order valence-electron chi connectivity index (χ0n) is 16.9. The Bertz CT molecular complexity index is 1320. The molecule has 0 radical (unpaired) electrons. The summed E-state index contributed by atoms with van der Waals surface area (Å²) < 4.78 is 21.6. The highest BCUT2D eigenvalue weighted by Gasteiger charge is 2.17. The number of ether oxygens (including phenoxy) is 1. The third-order valence-corrected chi connectivity index (χ3v) is 4.70. The van der Waals surface area contributed by atoms with E-state index in [1.165, 1.54) is 23.1 Å². The van der Waals surface area contributed by atoms with Gasteiger partial charge in [-0.15, -0.1) is 0 Å². The lowest BCUT2D eigenvalue weighted by molar-refractivity contribution is -0.386. The van der Waals surface area contributed by atoms with Gasteiger partial charge in [-0.3, -0.25) is 19.6 Å². The highest BCUT2D eigenvalue weighted by molar-refractivity contribution is 6.30. The number of carbonyl (C=O) groups excluding carboxylic acids is 1. The average molecular weight is 471 g/mol. The number of rotatable bonds is 8. The summed E-state index contributed by atoms with van der Waals surface area (Å²) in [5, 5.41) is 22.7. The van der Waals surface area contributed by atoms with Crippen molar-refractivity contribution in [1.29, 1.82) is 0 Å². The van der Waals surface area contributed by atoms with E-state index in [9.17, 15) is 19.3 Å². The molecule has 0 fully saturated rings. The molecule has 4 rings (SSSR count). The predicted octanol–water partition coefficient (Wildman–Crippen LogP) is 4.12. The number of hydrogen-bond donors (Lipinski definition) is 1. The minimum Gasteiger partial charge on any atom is -0.464 e. The molecule has 0 spiro atoms. The average Bonchev–Trinajstić information content (AvgIpc) is 3.42. The molecule has 2 heterocycles. The van der Waals surface area contributed by atoms with Crippen LogP contribution in [0.25, 0.3) is 0 Å². The summed E-state index contributed by atoms with van der Waals surface area (Å²) in [7, 11) is 0. The molecule has 33 heavy (non-hydrogen) atoms. The summed E-state index contributed by atoms with van der Waals surface area (Å²) in [5.41, 5.74) is 1.15. The smallest absolute Gasteiger partial charge is 0.311 e. The molecular formula is C21H16ClFN6O4. The Balaban J connectivity index is 1.36. The van der Waals surface area contributed by atoms with Crippen molar-refractivity contribution in [2.24, 2.45) is 0 Å². The Kier molecular flexibility index (Phi) is 6.31. The molecule has 1 amide bonds. The van der Waals surface area contributed by atoms with Crippen LogP contribution < -0.4 is 10.1 Å². The SMILES string of the molecule is O=C(Nc1cnn(Cc2cccc(Cl)c2)c1)c1ccn(COc2cc(F)ccc2[N+](=O)[O-])n1. The number of anilines is 1. The lowest BCUT2D eigenvalue weighted by Crippen LogP contribution is -2.14. The fourth-order valence-electron chi connectivity index (χ4n) is 2.98. The number of halogens is 2. The van der Waals surface area contributed by atoms with Crippen LogP contribution in [0.2, 0.25) is 5.02 Å². The monoisotopic (exact) mass is 470 g/mol. The molecule has 168 valence electrons. The quantitative estimate of drug-likeness (QED) is 0.306. The van der Waals surface area contributed by atoms with Gasteiger partial charge in [0.1, 0.15) is 5.82 Å². The molecule has 0 saturated heterocycles. The second-order valence-electron chi connectivity index (χ2n) is 6.89. The van der Waals surface area contributed by atoms with Crippen molar-refractivity contribution in [2.75, 3.05) is 5.32 Å². The van der Waals surface area contributed by atoms with Crippen molar-refractivity contribution in [3.8, 4) is 5.75 Å². The van der Waals surface area contributed by atoms with Gasteiger partial charge in [-0.05, 0) is 29.8 Å². The molecule has 0 unspecified atom stereocenters. The molecule has 0 saturated carbocycles. The normalized spacial score (nSPS) is 10.7. The Morgan fingerprint density at radius 3 is 2.85 bits per heavy atom. The number of carbonyl (C=O) groups is 1. The molecule has 0 aliphatic carbocycles. The first-order valence-corrected chi connectivity index (χ1v) is 9.93. The Morgan fingerprint density at radius 2 is 2.06 bits per heavy atom. The van der Waals surface area contributed by atoms with Gasteiger partial charge >= 0.3 is 5.69 Å². The van der Waals surface area contributed by atoms with E-state index >= 15 is 0 Å². The summed E-state index contributed by atoms with van der Waals surface area (Å²) in [6.07, 6.45) is 4.64. The van der Waals surface area contributed by atoms with Gasteiger partial charge in [0.15, 0.2) is 12.4 Å². The first-order valence-electron chi connectivity index (χ1n) is 9.56. The summed E-state index contributed by atoms with van der Waals surface area (Å²) in [4.78, 5) is 22.8. The van der Waals surface area contributed by atoms with Gasteiger partial charge in [-0.1, -0.05) is 23.7 Å². The number of nitrogens with one attached hydrogen (secondary N) is 1. The number of hydrogen-bond acceptors (Lipinski definition) is 6. The van der Waals surface area contributed by atoms with E-state index in [-0.39, 0.29) is 23.9 Å². The second-order valence-corrected chi connectivity index (χ2v) is 7.33. The predicted molar refractivity (Wildman–Crippen MR) is 117 cm³/mol. The highest BCUT2D eigenvalue weighted by Crippen LogP contribution is 2.27. The first kappa shape index (κ1) is 22.0. The molecular weight excluding hydrogens is 455 g/mol. The zero-order chi connectivity index (χ0) is 23.4. The van der Waals surface area contributed by atoms with Gasteiger partial charge in [0.05, 0.1) is 23.4 Å². The largest absolute Gasteiger partial charge is 0.464 e. The topological polar surface area (TPSA) is 117 Å². The number of amides is 1. The Hall–Kier alpha value is -4.25. The number of nitro benzene ring substituents is 1. The summed E-state index contributed by atoms with van der Waals surface area (Å²) >= 11 is 5.99. The molecule has 0 aliphatic heterocycles. The van der Waals surface area contributed by atoms with Gasteiger partial charge in [0.2, 0.25) is 5.75 Å². The van der Waals surface area contributed by atoms with Crippen LogP contribution >= 0.6 is 11.6 Å². The van der Waals surface area contributed by atoms with Crippen molar-refractivity contribution in [3.05, 3.63) is 99.3 Å². The molecule has 2 aromatic carbocycles. The fourth-order valence-corrected chi connectivity index (χ4v) is 3.19. The van der Waals surface area contributed by atoms with Gasteiger partial charge in [0.25, 0.3) is 5.91 Å². The van der Waals surface area contributed by atoms with E-state index in [4.69, 9.17) is 16.3 Å². The maximum absolute atomic E-state index is 13.4. The molecule has 0 aliphatic rings. The van der Waals surface area contributed by atoms with E-state index in [2.05, 4.69) is 15.5 Å². The second kappa shape index (κ2) is 9.49. The molecule has 4 aromatic rings. The Labute approximate surface area is 191 Å². The summed E-state index contributed by atoms with van der Waals surface area (Å²) in [6, 6.07) is 11.7. The van der Waals surface area contributed by atoms with Gasteiger partial charge in [0, 0.05) is 29.5 Å². The van der Waals surface area contributed by atoms with Gasteiger partial charge < -0.3 is 10.1 Å². The third-order valence-electron chi connectivity index (χ3n) is 4.47. The molecule has 12 heteroatoms. The van der Waals surface area contributed by atoms with Crippen molar-refractivity contribution in [1.82, 2.24) is 19.6 Å². The van der Waals surface area contributed by atoms with Crippen LogP contribution in [-0.2, 0) is 13.3 Å². The Morgan fingerprint density at radius 1 is 1.21 bits per heavy atom. The van der Waals surface area contributed by atoms with E-state index in [0.717, 1.165) is 23.8 Å². The maximum atomic E-state index is 13.4. The molecule has 0 atom stereocenters. The number of benzene rings is 2. The minimum atomic E-state index is -0.677. The molecule has 1 N–H and O–H groups in total. The number of aromatic nitrogens is 4. The highest BCUT2D eigenvalue weighted by atomic mass is 35.5. The van der Waals surface area contributed by atoms with Gasteiger partial charge in [-0.25, -0.2) is 9.07 Å². The first-order chi connectivity index (χ1) is 15.9. The zero-order valence-corrected chi connectivity index (χ0v) is 17.6. The van der Waals surface area contributed by atoms with E-state index in [1.807, 2.05) is 18.2 Å². The van der Waals surface area contributed by atoms with Crippen LogP contribution in [0.15, 0.2) is 67.1 Å². The molecule has 10 nitrogen and oxygen atoms in total. The van der Waals surface area contributed by atoms with Crippen molar-refractivity contribution < 1.29 is 18.8 Å². The third kappa shape index (κ3) is 5.52. The number of nitro groups is 1. The van der Waals surface area contributed by atoms with Crippen molar-refractivity contribution in [3.63, 3.8) is 0 Å². The summed E-state index contributed by atoms with van der Waals surface area (Å²) in [6.45, 7) is 0.226. The van der Waals surface area contributed by atoms with Crippen LogP contribution in [0.4, 0.5) is 15.8 Å². The van der Waals surface area contributed by atoms with E-state index in [0.29, 0.717) is 17.3 Å². The maximum Gasteiger partial charge on any atom is 0.311 e. The van der Waals surface area contributed by atoms with Crippen molar-refractivity contribution >= 4 is 28.9 Å². The lowest BCUT2D eigenvalue weighted by Gasteiger charge is -2.07. The van der Waals surface area contributed by atoms with Crippen LogP contribution in [0, 0.1) is 15.9 Å². The number of nitrogens with zero attached hydrogens (tertiary/aromatic N) is 5. The fraction of sp³-hybridized carbons (Fsp3) is 0.0952. The van der Waals surface area contributed by atoms with E-state index < -0.39 is 16.6 Å². The van der Waals surface area contributed by atoms with Crippen molar-refractivity contribution in [2.45, 2.75) is 13.3 Å². The standard InChI is InChI=1S/C21H16ClFN6O4/c22-15-3-1-2-14(8-15)11-28-12-17(10-24-28)25-21(30)18-6-7-27(26-18)13-33-20-9-16(23)4-5-19(20)29(31)32/h1-10,12H,11,13H2,(H,25,30). The molecule has 2 aromatic heterocycles. The van der Waals surface area contributed by atoms with Crippen LogP contribution in [0.3, 0.4) is 0 Å². The van der Waals surface area contributed by atoms with Gasteiger partial charge in [-0.2, -0.15) is 10.2 Å². The minimum absolute atomic E-state index is 0.0925.